The molecule has 1 aliphatic rings. The van der Waals surface area contributed by atoms with Gasteiger partial charge in [-0.2, -0.15) is 0 Å². The van der Waals surface area contributed by atoms with Crippen molar-refractivity contribution in [1.29, 1.82) is 0 Å². The number of benzene rings is 3. The van der Waals surface area contributed by atoms with E-state index in [2.05, 4.69) is 57.2 Å². The highest BCUT2D eigenvalue weighted by molar-refractivity contribution is 5.90. The number of piperazine rings is 1. The lowest BCUT2D eigenvalue weighted by Gasteiger charge is -2.37. The number of aromatic amines is 1. The van der Waals surface area contributed by atoms with Crippen molar-refractivity contribution >= 4 is 27.6 Å². The summed E-state index contributed by atoms with van der Waals surface area (Å²) in [6, 6.07) is 19.9. The Morgan fingerprint density at radius 1 is 1.03 bits per heavy atom. The Labute approximate surface area is 187 Å². The van der Waals surface area contributed by atoms with Crippen LogP contribution >= 0.6 is 0 Å². The molecule has 164 valence electrons. The number of nitrogens with zero attached hydrogens (tertiary/aromatic N) is 2. The molecule has 6 heteroatoms. The Bertz CT molecular complexity index is 1250. The molecular weight excluding hydrogens is 402 g/mol. The SMILES string of the molecule is COc1ccc2[nH]cc([C@H](C(=O)O)N3CCN(Cc4cccc5ccccc45)CC3)c2c1. The standard InChI is InChI=1S/C26H27N3O3/c1-32-20-9-10-24-22(15-20)23(16-27-24)25(26(30)31)29-13-11-28(12-14-29)17-19-7-4-6-18-5-2-3-8-21(18)19/h2-10,15-16,25,27H,11-14,17H2,1H3,(H,30,31)/t25-/m1/s1. The highest BCUT2D eigenvalue weighted by atomic mass is 16.5. The van der Waals surface area contributed by atoms with Gasteiger partial charge < -0.3 is 14.8 Å². The van der Waals surface area contributed by atoms with Crippen LogP contribution in [-0.2, 0) is 11.3 Å². The quantitative estimate of drug-likeness (QED) is 0.479. The van der Waals surface area contributed by atoms with Gasteiger partial charge in [0.1, 0.15) is 11.8 Å². The van der Waals surface area contributed by atoms with E-state index in [1.807, 2.05) is 24.4 Å². The molecule has 0 bridgehead atoms. The van der Waals surface area contributed by atoms with Crippen LogP contribution in [0.25, 0.3) is 21.7 Å². The first kappa shape index (κ1) is 20.5. The number of carbonyl (C=O) groups is 1. The van der Waals surface area contributed by atoms with Gasteiger partial charge >= 0.3 is 5.97 Å². The maximum Gasteiger partial charge on any atom is 0.325 e. The van der Waals surface area contributed by atoms with Crippen LogP contribution < -0.4 is 4.74 Å². The molecule has 1 fully saturated rings. The molecule has 5 rings (SSSR count). The van der Waals surface area contributed by atoms with Crippen molar-refractivity contribution in [3.05, 3.63) is 78.0 Å². The Kier molecular flexibility index (Phi) is 5.55. The Morgan fingerprint density at radius 3 is 2.59 bits per heavy atom. The number of aromatic nitrogens is 1. The number of fused-ring (bicyclic) bond motifs is 2. The topological polar surface area (TPSA) is 68.8 Å². The molecule has 1 aromatic heterocycles. The number of aliphatic carboxylic acids is 1. The lowest BCUT2D eigenvalue weighted by molar-refractivity contribution is -0.144. The van der Waals surface area contributed by atoms with Crippen LogP contribution in [-0.4, -0.2) is 59.1 Å². The van der Waals surface area contributed by atoms with Crippen LogP contribution in [0.2, 0.25) is 0 Å². The van der Waals surface area contributed by atoms with E-state index in [1.165, 1.54) is 16.3 Å². The number of ether oxygens (including phenoxy) is 1. The zero-order chi connectivity index (χ0) is 22.1. The number of hydrogen-bond donors (Lipinski definition) is 2. The van der Waals surface area contributed by atoms with Gasteiger partial charge in [0.15, 0.2) is 0 Å². The van der Waals surface area contributed by atoms with E-state index in [0.29, 0.717) is 13.1 Å². The summed E-state index contributed by atoms with van der Waals surface area (Å²) < 4.78 is 5.35. The third-order valence-electron chi connectivity index (χ3n) is 6.50. The zero-order valence-corrected chi connectivity index (χ0v) is 18.1. The predicted octanol–water partition coefficient (Wildman–Crippen LogP) is 4.27. The molecule has 3 aromatic carbocycles. The molecule has 2 heterocycles. The molecule has 0 amide bonds. The van der Waals surface area contributed by atoms with Crippen molar-refractivity contribution in [1.82, 2.24) is 14.8 Å². The Balaban J connectivity index is 1.34. The molecule has 2 N–H and O–H groups in total. The molecule has 1 aliphatic heterocycles. The highest BCUT2D eigenvalue weighted by Crippen LogP contribution is 2.32. The first-order valence-electron chi connectivity index (χ1n) is 10.9. The summed E-state index contributed by atoms with van der Waals surface area (Å²) in [7, 11) is 1.62. The second kappa shape index (κ2) is 8.65. The van der Waals surface area contributed by atoms with Gasteiger partial charge in [-0.1, -0.05) is 42.5 Å². The maximum atomic E-state index is 12.3. The van der Waals surface area contributed by atoms with Crippen LogP contribution in [0.3, 0.4) is 0 Å². The number of methoxy groups -OCH3 is 1. The second-order valence-electron chi connectivity index (χ2n) is 8.35. The molecule has 0 unspecified atom stereocenters. The highest BCUT2D eigenvalue weighted by Gasteiger charge is 2.32. The van der Waals surface area contributed by atoms with E-state index in [-0.39, 0.29) is 0 Å². The van der Waals surface area contributed by atoms with Crippen LogP contribution in [0.4, 0.5) is 0 Å². The van der Waals surface area contributed by atoms with Crippen LogP contribution in [0, 0.1) is 0 Å². The summed E-state index contributed by atoms with van der Waals surface area (Å²) in [5.41, 5.74) is 3.02. The number of rotatable bonds is 6. The molecule has 4 aromatic rings. The smallest absolute Gasteiger partial charge is 0.325 e. The van der Waals surface area contributed by atoms with Crippen LogP contribution in [0.5, 0.6) is 5.75 Å². The zero-order valence-electron chi connectivity index (χ0n) is 18.1. The fourth-order valence-electron chi connectivity index (χ4n) is 4.81. The number of nitrogens with one attached hydrogen (secondary N) is 1. The van der Waals surface area contributed by atoms with Crippen LogP contribution in [0.1, 0.15) is 17.2 Å². The minimum atomic E-state index is -0.823. The third kappa shape index (κ3) is 3.83. The van der Waals surface area contributed by atoms with Gasteiger partial charge in [0.25, 0.3) is 0 Å². The van der Waals surface area contributed by atoms with Gasteiger partial charge in [-0.3, -0.25) is 14.6 Å². The first-order valence-corrected chi connectivity index (χ1v) is 10.9. The van der Waals surface area contributed by atoms with Crippen molar-refractivity contribution in [2.24, 2.45) is 0 Å². The summed E-state index contributed by atoms with van der Waals surface area (Å²) in [6.45, 7) is 3.95. The number of carboxylic acids is 1. The average Bonchev–Trinajstić information content (AvgIpc) is 3.23. The summed E-state index contributed by atoms with van der Waals surface area (Å²) in [4.78, 5) is 20.0. The molecule has 1 saturated heterocycles. The molecule has 6 nitrogen and oxygen atoms in total. The Hall–Kier alpha value is -3.35. The van der Waals surface area contributed by atoms with E-state index in [9.17, 15) is 9.90 Å². The normalized spacial score (nSPS) is 16.4. The van der Waals surface area contributed by atoms with E-state index in [0.717, 1.165) is 41.9 Å². The molecule has 32 heavy (non-hydrogen) atoms. The lowest BCUT2D eigenvalue weighted by Crippen LogP contribution is -2.48. The minimum absolute atomic E-state index is 0.685. The fraction of sp³-hybridized carbons (Fsp3) is 0.269. The molecule has 0 radical (unpaired) electrons. The number of hydrogen-bond acceptors (Lipinski definition) is 4. The van der Waals surface area contributed by atoms with E-state index in [4.69, 9.17) is 4.74 Å². The van der Waals surface area contributed by atoms with E-state index < -0.39 is 12.0 Å². The second-order valence-corrected chi connectivity index (χ2v) is 8.35. The number of carboxylic acid groups (broad SMARTS) is 1. The fourth-order valence-corrected chi connectivity index (χ4v) is 4.81. The molecule has 0 spiro atoms. The van der Waals surface area contributed by atoms with Crippen molar-refractivity contribution < 1.29 is 14.6 Å². The van der Waals surface area contributed by atoms with E-state index >= 15 is 0 Å². The van der Waals surface area contributed by atoms with Gasteiger partial charge in [-0.25, -0.2) is 0 Å². The van der Waals surface area contributed by atoms with Gasteiger partial charge in [-0.05, 0) is 34.5 Å². The maximum absolute atomic E-state index is 12.3. The monoisotopic (exact) mass is 429 g/mol. The molecular formula is C26H27N3O3. The minimum Gasteiger partial charge on any atom is -0.497 e. The first-order chi connectivity index (χ1) is 15.6. The lowest BCUT2D eigenvalue weighted by atomic mass is 10.0. The molecule has 0 saturated carbocycles. The van der Waals surface area contributed by atoms with Crippen molar-refractivity contribution in [3.63, 3.8) is 0 Å². The van der Waals surface area contributed by atoms with E-state index in [1.54, 1.807) is 7.11 Å². The van der Waals surface area contributed by atoms with Gasteiger partial charge in [0.05, 0.1) is 7.11 Å². The largest absolute Gasteiger partial charge is 0.497 e. The van der Waals surface area contributed by atoms with Crippen molar-refractivity contribution in [3.8, 4) is 5.75 Å². The average molecular weight is 430 g/mol. The van der Waals surface area contributed by atoms with Crippen molar-refractivity contribution in [2.75, 3.05) is 33.3 Å². The summed E-state index contributed by atoms with van der Waals surface area (Å²) in [5, 5.41) is 13.5. The summed E-state index contributed by atoms with van der Waals surface area (Å²) in [6.07, 6.45) is 1.82. The van der Waals surface area contributed by atoms with Crippen molar-refractivity contribution in [2.45, 2.75) is 12.6 Å². The van der Waals surface area contributed by atoms with Gasteiger partial charge in [-0.15, -0.1) is 0 Å². The van der Waals surface area contributed by atoms with Gasteiger partial charge in [0.2, 0.25) is 0 Å². The number of H-pyrrole nitrogens is 1. The summed E-state index contributed by atoms with van der Waals surface area (Å²) in [5.74, 6) is -0.0985. The summed E-state index contributed by atoms with van der Waals surface area (Å²) >= 11 is 0. The third-order valence-corrected chi connectivity index (χ3v) is 6.50. The van der Waals surface area contributed by atoms with Crippen LogP contribution in [0.15, 0.2) is 66.9 Å². The molecule has 0 aliphatic carbocycles. The Morgan fingerprint density at radius 2 is 1.81 bits per heavy atom. The molecule has 1 atom stereocenters. The predicted molar refractivity (Wildman–Crippen MR) is 126 cm³/mol. The van der Waals surface area contributed by atoms with Gasteiger partial charge in [0, 0.05) is 55.4 Å².